The minimum Gasteiger partial charge on any atom is -0.408 e. The van der Waals surface area contributed by atoms with E-state index in [0.29, 0.717) is 5.58 Å². The number of halogens is 2. The zero-order chi connectivity index (χ0) is 14.3. The lowest BCUT2D eigenvalue weighted by Crippen LogP contribution is -2.08. The lowest BCUT2D eigenvalue weighted by Gasteiger charge is -2.12. The van der Waals surface area contributed by atoms with Gasteiger partial charge in [-0.3, -0.25) is 4.57 Å². The van der Waals surface area contributed by atoms with E-state index in [1.807, 2.05) is 42.5 Å². The van der Waals surface area contributed by atoms with Gasteiger partial charge in [0.05, 0.1) is 10.9 Å². The van der Waals surface area contributed by atoms with Gasteiger partial charge in [-0.15, -0.1) is 11.6 Å². The predicted molar refractivity (Wildman–Crippen MR) is 83.3 cm³/mol. The molecule has 3 nitrogen and oxygen atoms in total. The van der Waals surface area contributed by atoms with Gasteiger partial charge in [0, 0.05) is 11.5 Å². The quantitative estimate of drug-likeness (QED) is 0.647. The molecule has 0 fully saturated rings. The van der Waals surface area contributed by atoms with E-state index in [9.17, 15) is 4.79 Å². The van der Waals surface area contributed by atoms with Crippen LogP contribution in [0.3, 0.4) is 0 Å². The summed E-state index contributed by atoms with van der Waals surface area (Å²) in [5.41, 5.74) is 3.18. The molecule has 3 rings (SSSR count). The van der Waals surface area contributed by atoms with Gasteiger partial charge in [0.25, 0.3) is 0 Å². The van der Waals surface area contributed by atoms with Gasteiger partial charge in [0.2, 0.25) is 0 Å². The van der Waals surface area contributed by atoms with E-state index >= 15 is 0 Å². The Balaban J connectivity index is 2.11. The van der Waals surface area contributed by atoms with Crippen LogP contribution in [0.5, 0.6) is 0 Å². The Kier molecular flexibility index (Phi) is 3.44. The second-order valence-electron chi connectivity index (χ2n) is 4.54. The van der Waals surface area contributed by atoms with E-state index in [-0.39, 0.29) is 11.1 Å². The summed E-state index contributed by atoms with van der Waals surface area (Å²) in [6.07, 6.45) is 0. The average Bonchev–Trinajstić information content (AvgIpc) is 2.73. The van der Waals surface area contributed by atoms with Crippen molar-refractivity contribution in [3.05, 3.63) is 68.6 Å². The maximum Gasteiger partial charge on any atom is 0.419 e. The molecule has 0 amide bonds. The number of oxazole rings is 1. The van der Waals surface area contributed by atoms with Gasteiger partial charge in [-0.2, -0.15) is 0 Å². The molecule has 0 saturated carbocycles. The minimum absolute atomic E-state index is 0.305. The Morgan fingerprint density at radius 3 is 2.75 bits per heavy atom. The van der Waals surface area contributed by atoms with Gasteiger partial charge in [0.1, 0.15) is 0 Å². The number of fused-ring (bicyclic) bond motifs is 1. The van der Waals surface area contributed by atoms with Crippen molar-refractivity contribution < 1.29 is 4.42 Å². The van der Waals surface area contributed by atoms with E-state index in [1.54, 1.807) is 7.05 Å². The third-order valence-electron chi connectivity index (χ3n) is 3.29. The first-order valence-corrected chi connectivity index (χ1v) is 7.29. The van der Waals surface area contributed by atoms with Crippen LogP contribution in [-0.4, -0.2) is 4.57 Å². The number of alkyl halides is 1. The topological polar surface area (TPSA) is 35.1 Å². The first-order valence-electron chi connectivity index (χ1n) is 6.06. The fourth-order valence-electron chi connectivity index (χ4n) is 2.17. The molecule has 0 N–H and O–H groups in total. The molecule has 20 heavy (non-hydrogen) atoms. The number of hydrogen-bond acceptors (Lipinski definition) is 2. The lowest BCUT2D eigenvalue weighted by molar-refractivity contribution is 0.528. The molecule has 3 aromatic rings. The van der Waals surface area contributed by atoms with E-state index in [4.69, 9.17) is 16.0 Å². The number of benzene rings is 2. The standard InChI is InChI=1S/C15H11BrClNO2/c1-18-12-7-6-9(8-13(12)20-15(18)19)14(17)10-4-2-3-5-11(10)16/h2-8,14H,1H3. The molecule has 0 aliphatic carbocycles. The van der Waals surface area contributed by atoms with Crippen LogP contribution in [0.25, 0.3) is 11.1 Å². The third-order valence-corrected chi connectivity index (χ3v) is 4.50. The molecular formula is C15H11BrClNO2. The summed E-state index contributed by atoms with van der Waals surface area (Å²) in [6.45, 7) is 0. The molecule has 0 aliphatic rings. The largest absolute Gasteiger partial charge is 0.419 e. The van der Waals surface area contributed by atoms with Crippen LogP contribution in [0, 0.1) is 0 Å². The highest BCUT2D eigenvalue weighted by Crippen LogP contribution is 2.34. The van der Waals surface area contributed by atoms with E-state index in [2.05, 4.69) is 15.9 Å². The molecule has 0 saturated heterocycles. The van der Waals surface area contributed by atoms with Crippen LogP contribution in [0.15, 0.2) is 56.1 Å². The normalized spacial score (nSPS) is 12.8. The maximum atomic E-state index is 11.5. The Labute approximate surface area is 128 Å². The fourth-order valence-corrected chi connectivity index (χ4v) is 3.14. The minimum atomic E-state index is -0.371. The molecule has 1 atom stereocenters. The molecule has 0 radical (unpaired) electrons. The second kappa shape index (κ2) is 5.11. The SMILES string of the molecule is Cn1c(=O)oc2cc(C(Cl)c3ccccc3Br)ccc21. The van der Waals surface area contributed by atoms with Crippen molar-refractivity contribution >= 4 is 38.6 Å². The second-order valence-corrected chi connectivity index (χ2v) is 5.83. The number of hydrogen-bond donors (Lipinski definition) is 0. The van der Waals surface area contributed by atoms with Crippen LogP contribution in [-0.2, 0) is 7.05 Å². The Bertz CT molecular complexity index is 837. The van der Waals surface area contributed by atoms with Crippen molar-refractivity contribution in [3.63, 3.8) is 0 Å². The number of nitrogens with zero attached hydrogens (tertiary/aromatic N) is 1. The molecule has 1 heterocycles. The number of aromatic nitrogens is 1. The van der Waals surface area contributed by atoms with Crippen LogP contribution in [0.2, 0.25) is 0 Å². The average molecular weight is 353 g/mol. The van der Waals surface area contributed by atoms with Gasteiger partial charge in [0.15, 0.2) is 5.58 Å². The van der Waals surface area contributed by atoms with Crippen LogP contribution < -0.4 is 5.76 Å². The highest BCUT2D eigenvalue weighted by atomic mass is 79.9. The molecular weight excluding hydrogens is 342 g/mol. The number of aryl methyl sites for hydroxylation is 1. The Morgan fingerprint density at radius 2 is 2.00 bits per heavy atom. The molecule has 102 valence electrons. The van der Waals surface area contributed by atoms with E-state index < -0.39 is 0 Å². The summed E-state index contributed by atoms with van der Waals surface area (Å²) >= 11 is 10.0. The van der Waals surface area contributed by atoms with Crippen molar-refractivity contribution in [3.8, 4) is 0 Å². The van der Waals surface area contributed by atoms with Crippen LogP contribution in [0.1, 0.15) is 16.5 Å². The third kappa shape index (κ3) is 2.19. The number of rotatable bonds is 2. The zero-order valence-electron chi connectivity index (χ0n) is 10.6. The monoisotopic (exact) mass is 351 g/mol. The van der Waals surface area contributed by atoms with Gasteiger partial charge < -0.3 is 4.42 Å². The van der Waals surface area contributed by atoms with Gasteiger partial charge in [-0.05, 0) is 29.3 Å². The van der Waals surface area contributed by atoms with Crippen molar-refractivity contribution in [2.24, 2.45) is 7.05 Å². The molecule has 0 aliphatic heterocycles. The summed E-state index contributed by atoms with van der Waals surface area (Å²) in [5.74, 6) is -0.371. The summed E-state index contributed by atoms with van der Waals surface area (Å²) in [5, 5.41) is -0.305. The smallest absolute Gasteiger partial charge is 0.408 e. The highest BCUT2D eigenvalue weighted by Gasteiger charge is 2.15. The van der Waals surface area contributed by atoms with Crippen molar-refractivity contribution in [2.45, 2.75) is 5.38 Å². The van der Waals surface area contributed by atoms with Crippen LogP contribution >= 0.6 is 27.5 Å². The van der Waals surface area contributed by atoms with E-state index in [1.165, 1.54) is 4.57 Å². The van der Waals surface area contributed by atoms with Crippen molar-refractivity contribution in [1.29, 1.82) is 0 Å². The molecule has 0 spiro atoms. The first-order chi connectivity index (χ1) is 9.58. The lowest BCUT2D eigenvalue weighted by atomic mass is 10.0. The van der Waals surface area contributed by atoms with Gasteiger partial charge in [-0.1, -0.05) is 40.2 Å². The molecule has 1 unspecified atom stereocenters. The summed E-state index contributed by atoms with van der Waals surface area (Å²) in [4.78, 5) is 11.5. The zero-order valence-corrected chi connectivity index (χ0v) is 13.0. The first kappa shape index (κ1) is 13.5. The summed E-state index contributed by atoms with van der Waals surface area (Å²) < 4.78 is 7.62. The summed E-state index contributed by atoms with van der Waals surface area (Å²) in [7, 11) is 1.68. The maximum absolute atomic E-state index is 11.5. The molecule has 5 heteroatoms. The Morgan fingerprint density at radius 1 is 1.25 bits per heavy atom. The Hall–Kier alpha value is -1.52. The fraction of sp³-hybridized carbons (Fsp3) is 0.133. The molecule has 0 bridgehead atoms. The van der Waals surface area contributed by atoms with Crippen LogP contribution in [0.4, 0.5) is 0 Å². The summed E-state index contributed by atoms with van der Waals surface area (Å²) in [6, 6.07) is 13.4. The van der Waals surface area contributed by atoms with Gasteiger partial charge in [-0.25, -0.2) is 4.79 Å². The molecule has 2 aromatic carbocycles. The van der Waals surface area contributed by atoms with Crippen molar-refractivity contribution in [2.75, 3.05) is 0 Å². The predicted octanol–water partition coefficient (Wildman–Crippen LogP) is 4.22. The molecule has 1 aromatic heterocycles. The van der Waals surface area contributed by atoms with Crippen molar-refractivity contribution in [1.82, 2.24) is 4.57 Å². The van der Waals surface area contributed by atoms with Gasteiger partial charge >= 0.3 is 5.76 Å². The van der Waals surface area contributed by atoms with E-state index in [0.717, 1.165) is 21.1 Å². The highest BCUT2D eigenvalue weighted by molar-refractivity contribution is 9.10.